The Balaban J connectivity index is 2.40. The maximum atomic E-state index is 10.9. The van der Waals surface area contributed by atoms with Gasteiger partial charge in [-0.25, -0.2) is 9.78 Å². The van der Waals surface area contributed by atoms with Crippen molar-refractivity contribution in [2.45, 2.75) is 6.92 Å². The van der Waals surface area contributed by atoms with Crippen molar-refractivity contribution >= 4 is 45.8 Å². The molecule has 0 aliphatic heterocycles. The molecule has 0 fully saturated rings. The summed E-state index contributed by atoms with van der Waals surface area (Å²) in [6.07, 6.45) is 0. The molecule has 1 aromatic heterocycles. The molecule has 0 unspecified atom stereocenters. The first kappa shape index (κ1) is 13.6. The minimum absolute atomic E-state index is 0.0417. The predicted molar refractivity (Wildman–Crippen MR) is 82.8 cm³/mol. The van der Waals surface area contributed by atoms with Gasteiger partial charge >= 0.3 is 5.97 Å². The zero-order chi connectivity index (χ0) is 14.0. The first-order valence-electron chi connectivity index (χ1n) is 5.51. The number of aromatic nitrogens is 1. The Hall–Kier alpha value is -1.83. The highest BCUT2D eigenvalue weighted by atomic mass is 127. The van der Waals surface area contributed by atoms with Crippen LogP contribution in [0.25, 0.3) is 0 Å². The highest BCUT2D eigenvalue weighted by molar-refractivity contribution is 14.1. The molecule has 4 N–H and O–H groups in total. The second-order valence-corrected chi connectivity index (χ2v) is 5.14. The van der Waals surface area contributed by atoms with Crippen molar-refractivity contribution in [2.24, 2.45) is 0 Å². The van der Waals surface area contributed by atoms with Crippen LogP contribution in [0.3, 0.4) is 0 Å². The van der Waals surface area contributed by atoms with Gasteiger partial charge in [-0.2, -0.15) is 0 Å². The smallest absolute Gasteiger partial charge is 0.354 e. The number of aromatic carboxylic acids is 1. The zero-order valence-electron chi connectivity index (χ0n) is 10.1. The van der Waals surface area contributed by atoms with Gasteiger partial charge in [0.25, 0.3) is 0 Å². The number of anilines is 3. The van der Waals surface area contributed by atoms with Crippen LogP contribution in [0.1, 0.15) is 16.1 Å². The summed E-state index contributed by atoms with van der Waals surface area (Å²) in [5, 5.41) is 12.0. The fourth-order valence-corrected chi connectivity index (χ4v) is 2.06. The van der Waals surface area contributed by atoms with E-state index in [1.807, 2.05) is 25.1 Å². The monoisotopic (exact) mass is 369 g/mol. The van der Waals surface area contributed by atoms with Gasteiger partial charge in [0.05, 0.1) is 5.69 Å². The number of carboxylic acids is 1. The van der Waals surface area contributed by atoms with Crippen LogP contribution in [-0.4, -0.2) is 16.1 Å². The van der Waals surface area contributed by atoms with E-state index in [1.165, 1.54) is 12.1 Å². The number of nitrogen functional groups attached to an aromatic ring is 1. The normalized spacial score (nSPS) is 10.2. The highest BCUT2D eigenvalue weighted by Crippen LogP contribution is 2.26. The molecular formula is C13H12IN3O2. The number of pyridine rings is 1. The Labute approximate surface area is 124 Å². The lowest BCUT2D eigenvalue weighted by Gasteiger charge is -2.12. The van der Waals surface area contributed by atoms with E-state index in [4.69, 9.17) is 10.8 Å². The molecule has 0 aliphatic carbocycles. The fraction of sp³-hybridized carbons (Fsp3) is 0.0769. The van der Waals surface area contributed by atoms with Gasteiger partial charge in [-0.15, -0.1) is 0 Å². The minimum Gasteiger partial charge on any atom is -0.477 e. The third-order valence-corrected chi connectivity index (χ3v) is 3.83. The van der Waals surface area contributed by atoms with E-state index in [0.717, 1.165) is 14.8 Å². The van der Waals surface area contributed by atoms with Gasteiger partial charge in [-0.3, -0.25) is 0 Å². The first-order valence-corrected chi connectivity index (χ1v) is 6.59. The van der Waals surface area contributed by atoms with Crippen LogP contribution in [0.15, 0.2) is 30.3 Å². The van der Waals surface area contributed by atoms with E-state index >= 15 is 0 Å². The SMILES string of the molecule is Cc1c(I)cccc1Nc1nc(C(=O)O)ccc1N. The molecule has 98 valence electrons. The maximum Gasteiger partial charge on any atom is 0.354 e. The fourth-order valence-electron chi connectivity index (χ4n) is 1.56. The van der Waals surface area contributed by atoms with Crippen molar-refractivity contribution in [1.29, 1.82) is 0 Å². The number of hydrogen-bond donors (Lipinski definition) is 3. The third kappa shape index (κ3) is 2.95. The molecule has 0 aliphatic rings. The molecule has 0 saturated heterocycles. The number of halogens is 1. The molecule has 5 nitrogen and oxygen atoms in total. The molecule has 2 aromatic rings. The molecule has 0 spiro atoms. The zero-order valence-corrected chi connectivity index (χ0v) is 12.3. The lowest BCUT2D eigenvalue weighted by molar-refractivity contribution is 0.0690. The molecule has 0 atom stereocenters. The minimum atomic E-state index is -1.08. The molecule has 0 bridgehead atoms. The Morgan fingerprint density at radius 1 is 1.37 bits per heavy atom. The van der Waals surface area contributed by atoms with Gasteiger partial charge in [-0.1, -0.05) is 6.07 Å². The third-order valence-electron chi connectivity index (χ3n) is 2.67. The average molecular weight is 369 g/mol. The molecule has 0 radical (unpaired) electrons. The number of carbonyl (C=O) groups is 1. The number of hydrogen-bond acceptors (Lipinski definition) is 4. The summed E-state index contributed by atoms with van der Waals surface area (Å²) in [6, 6.07) is 8.71. The van der Waals surface area contributed by atoms with Crippen LogP contribution in [0.4, 0.5) is 17.2 Å². The summed E-state index contributed by atoms with van der Waals surface area (Å²) < 4.78 is 1.11. The van der Waals surface area contributed by atoms with E-state index < -0.39 is 5.97 Å². The molecule has 2 rings (SSSR count). The molecule has 1 heterocycles. The number of benzene rings is 1. The van der Waals surface area contributed by atoms with Crippen LogP contribution < -0.4 is 11.1 Å². The summed E-state index contributed by atoms with van der Waals surface area (Å²) in [5.74, 6) is -0.729. The van der Waals surface area contributed by atoms with Crippen LogP contribution in [0, 0.1) is 10.5 Å². The van der Waals surface area contributed by atoms with Gasteiger partial charge in [-0.05, 0) is 59.3 Å². The highest BCUT2D eigenvalue weighted by Gasteiger charge is 2.10. The molecule has 6 heteroatoms. The van der Waals surface area contributed by atoms with Crippen molar-refractivity contribution in [3.05, 3.63) is 45.2 Å². The lowest BCUT2D eigenvalue weighted by Crippen LogP contribution is -2.06. The van der Waals surface area contributed by atoms with Crippen molar-refractivity contribution in [2.75, 3.05) is 11.1 Å². The summed E-state index contributed by atoms with van der Waals surface area (Å²) >= 11 is 2.23. The summed E-state index contributed by atoms with van der Waals surface area (Å²) in [7, 11) is 0. The number of nitrogens with one attached hydrogen (secondary N) is 1. The number of rotatable bonds is 3. The number of nitrogens with two attached hydrogens (primary N) is 1. The predicted octanol–water partition coefficient (Wildman–Crippen LogP) is 3.02. The van der Waals surface area contributed by atoms with Crippen molar-refractivity contribution < 1.29 is 9.90 Å². The van der Waals surface area contributed by atoms with E-state index in [0.29, 0.717) is 11.5 Å². The molecule has 1 aromatic carbocycles. The summed E-state index contributed by atoms with van der Waals surface area (Å²) in [5.41, 5.74) is 8.09. The van der Waals surface area contributed by atoms with Crippen molar-refractivity contribution in [3.63, 3.8) is 0 Å². The maximum absolute atomic E-state index is 10.9. The second kappa shape index (κ2) is 5.43. The molecule has 0 amide bonds. The number of nitrogens with zero attached hydrogens (tertiary/aromatic N) is 1. The van der Waals surface area contributed by atoms with E-state index in [2.05, 4.69) is 32.9 Å². The van der Waals surface area contributed by atoms with Crippen LogP contribution >= 0.6 is 22.6 Å². The number of carboxylic acid groups (broad SMARTS) is 1. The van der Waals surface area contributed by atoms with Crippen molar-refractivity contribution in [1.82, 2.24) is 4.98 Å². The van der Waals surface area contributed by atoms with Crippen LogP contribution in [0.2, 0.25) is 0 Å². The topological polar surface area (TPSA) is 88.2 Å². The van der Waals surface area contributed by atoms with Crippen LogP contribution in [-0.2, 0) is 0 Å². The quantitative estimate of drug-likeness (QED) is 0.724. The standard InChI is InChI=1S/C13H12IN3O2/c1-7-8(14)3-2-4-10(7)16-12-9(15)5-6-11(17-12)13(18)19/h2-6H,15H2,1H3,(H,16,17)(H,18,19). The average Bonchev–Trinajstić information content (AvgIpc) is 2.37. The van der Waals surface area contributed by atoms with Crippen molar-refractivity contribution in [3.8, 4) is 0 Å². The van der Waals surface area contributed by atoms with Gasteiger partial charge in [0.15, 0.2) is 11.5 Å². The van der Waals surface area contributed by atoms with Crippen LogP contribution in [0.5, 0.6) is 0 Å². The first-order chi connectivity index (χ1) is 8.99. The molecule has 19 heavy (non-hydrogen) atoms. The molecule has 0 saturated carbocycles. The Kier molecular flexibility index (Phi) is 3.89. The van der Waals surface area contributed by atoms with E-state index in [-0.39, 0.29) is 5.69 Å². The molecular weight excluding hydrogens is 357 g/mol. The van der Waals surface area contributed by atoms with E-state index in [1.54, 1.807) is 0 Å². The Bertz CT molecular complexity index is 644. The van der Waals surface area contributed by atoms with E-state index in [9.17, 15) is 4.79 Å². The second-order valence-electron chi connectivity index (χ2n) is 3.98. The Morgan fingerprint density at radius 3 is 2.79 bits per heavy atom. The van der Waals surface area contributed by atoms with Gasteiger partial charge < -0.3 is 16.2 Å². The largest absolute Gasteiger partial charge is 0.477 e. The Morgan fingerprint density at radius 2 is 2.11 bits per heavy atom. The summed E-state index contributed by atoms with van der Waals surface area (Å²) in [6.45, 7) is 1.97. The van der Waals surface area contributed by atoms with Gasteiger partial charge in [0.1, 0.15) is 0 Å². The van der Waals surface area contributed by atoms with Gasteiger partial charge in [0, 0.05) is 9.26 Å². The lowest BCUT2D eigenvalue weighted by atomic mass is 10.2. The summed E-state index contributed by atoms with van der Waals surface area (Å²) in [4.78, 5) is 14.9. The van der Waals surface area contributed by atoms with Gasteiger partial charge in [0.2, 0.25) is 0 Å².